The predicted octanol–water partition coefficient (Wildman–Crippen LogP) is 4.35. The zero-order chi connectivity index (χ0) is 18.8. The summed E-state index contributed by atoms with van der Waals surface area (Å²) in [5.74, 6) is 1.08. The Kier molecular flexibility index (Phi) is 5.01. The van der Waals surface area contributed by atoms with Crippen molar-refractivity contribution in [3.05, 3.63) is 70.0 Å². The van der Waals surface area contributed by atoms with Crippen LogP contribution in [0, 0.1) is 0 Å². The summed E-state index contributed by atoms with van der Waals surface area (Å²) in [6.07, 6.45) is 0. The lowest BCUT2D eigenvalue weighted by molar-refractivity contribution is 0.136. The molecule has 1 aliphatic heterocycles. The van der Waals surface area contributed by atoms with Crippen molar-refractivity contribution in [1.29, 1.82) is 0 Å². The number of likely N-dealkylation sites (tertiary alicyclic amines) is 1. The van der Waals surface area contributed by atoms with Crippen LogP contribution in [0.5, 0.6) is 0 Å². The van der Waals surface area contributed by atoms with Gasteiger partial charge < -0.3 is 14.7 Å². The molecule has 4 rings (SSSR count). The lowest BCUT2D eigenvalue weighted by atomic mass is 10.0. The van der Waals surface area contributed by atoms with Gasteiger partial charge in [-0.05, 0) is 29.8 Å². The molecule has 138 valence electrons. The van der Waals surface area contributed by atoms with Gasteiger partial charge in [-0.3, -0.25) is 0 Å². The van der Waals surface area contributed by atoms with Gasteiger partial charge in [0.25, 0.3) is 0 Å². The third-order valence-corrected chi connectivity index (χ3v) is 4.89. The minimum Gasteiger partial charge on any atom is -0.339 e. The molecule has 3 aromatic rings. The maximum Gasteiger partial charge on any atom is 0.317 e. The molecule has 0 saturated carbocycles. The molecule has 0 aliphatic carbocycles. The van der Waals surface area contributed by atoms with Gasteiger partial charge in [-0.25, -0.2) is 4.79 Å². The Morgan fingerprint density at radius 1 is 1.15 bits per heavy atom. The van der Waals surface area contributed by atoms with Crippen LogP contribution in [0.3, 0.4) is 0 Å². The van der Waals surface area contributed by atoms with Crippen LogP contribution in [0.1, 0.15) is 17.4 Å². The molecule has 0 unspecified atom stereocenters. The molecule has 1 aromatic heterocycles. The summed E-state index contributed by atoms with van der Waals surface area (Å²) in [6, 6.07) is 14.5. The minimum absolute atomic E-state index is 0.0479. The molecule has 2 aromatic carbocycles. The van der Waals surface area contributed by atoms with E-state index in [0.717, 1.165) is 11.1 Å². The van der Waals surface area contributed by atoms with Crippen molar-refractivity contribution in [2.24, 2.45) is 0 Å². The first kappa shape index (κ1) is 17.8. The van der Waals surface area contributed by atoms with Gasteiger partial charge in [0.2, 0.25) is 11.7 Å². The Morgan fingerprint density at radius 3 is 2.67 bits per heavy atom. The number of carbonyl (C=O) groups is 1. The summed E-state index contributed by atoms with van der Waals surface area (Å²) >= 11 is 11.9. The molecule has 2 amide bonds. The Balaban J connectivity index is 1.30. The Morgan fingerprint density at radius 2 is 1.93 bits per heavy atom. The first-order valence-electron chi connectivity index (χ1n) is 8.45. The maximum atomic E-state index is 12.2. The van der Waals surface area contributed by atoms with E-state index in [1.165, 1.54) is 0 Å². The molecule has 1 aliphatic rings. The van der Waals surface area contributed by atoms with E-state index in [-0.39, 0.29) is 11.9 Å². The number of carbonyl (C=O) groups excluding carboxylic acids is 1. The average molecular weight is 403 g/mol. The summed E-state index contributed by atoms with van der Waals surface area (Å²) < 4.78 is 5.36. The third-order valence-electron chi connectivity index (χ3n) is 4.40. The molecule has 1 N–H and O–H groups in total. The van der Waals surface area contributed by atoms with Gasteiger partial charge in [-0.1, -0.05) is 52.6 Å². The van der Waals surface area contributed by atoms with E-state index in [4.69, 9.17) is 27.7 Å². The number of hydrogen-bond donors (Lipinski definition) is 1. The molecule has 8 heteroatoms. The molecular formula is C19H16Cl2N4O2. The molecule has 0 bridgehead atoms. The zero-order valence-corrected chi connectivity index (χ0v) is 15.7. The van der Waals surface area contributed by atoms with Crippen LogP contribution in [0.2, 0.25) is 10.0 Å². The van der Waals surface area contributed by atoms with Gasteiger partial charge in [-0.15, -0.1) is 0 Å². The summed E-state index contributed by atoms with van der Waals surface area (Å²) in [6.45, 7) is 1.55. The van der Waals surface area contributed by atoms with E-state index < -0.39 is 0 Å². The highest BCUT2D eigenvalue weighted by Crippen LogP contribution is 2.28. The number of urea groups is 1. The summed E-state index contributed by atoms with van der Waals surface area (Å²) in [7, 11) is 0. The van der Waals surface area contributed by atoms with Gasteiger partial charge >= 0.3 is 6.03 Å². The summed E-state index contributed by atoms with van der Waals surface area (Å²) in [5, 5.41) is 8.19. The number of rotatable bonds is 4. The normalized spacial score (nSPS) is 14.1. The monoisotopic (exact) mass is 402 g/mol. The molecule has 0 radical (unpaired) electrons. The maximum absolute atomic E-state index is 12.2. The van der Waals surface area contributed by atoms with E-state index >= 15 is 0 Å². The fraction of sp³-hybridized carbons (Fsp3) is 0.211. The number of nitrogens with zero attached hydrogens (tertiary/aromatic N) is 3. The fourth-order valence-electron chi connectivity index (χ4n) is 2.84. The van der Waals surface area contributed by atoms with Crippen LogP contribution in [-0.2, 0) is 6.54 Å². The number of amides is 2. The molecule has 0 spiro atoms. The van der Waals surface area contributed by atoms with Crippen molar-refractivity contribution >= 4 is 29.2 Å². The Bertz CT molecular complexity index is 952. The van der Waals surface area contributed by atoms with Gasteiger partial charge in [0.15, 0.2) is 0 Å². The SMILES string of the molecule is O=C(NCc1ccc(Cl)cc1)N1CC(c2nc(-c3cccc(Cl)c3)no2)C1. The first-order valence-corrected chi connectivity index (χ1v) is 9.21. The second kappa shape index (κ2) is 7.58. The highest BCUT2D eigenvalue weighted by Gasteiger charge is 2.35. The van der Waals surface area contributed by atoms with Gasteiger partial charge in [-0.2, -0.15) is 4.98 Å². The summed E-state index contributed by atoms with van der Waals surface area (Å²) in [4.78, 5) is 18.4. The molecule has 1 fully saturated rings. The van der Waals surface area contributed by atoms with Crippen molar-refractivity contribution in [3.8, 4) is 11.4 Å². The van der Waals surface area contributed by atoms with Crippen molar-refractivity contribution in [3.63, 3.8) is 0 Å². The van der Waals surface area contributed by atoms with E-state index in [1.54, 1.807) is 29.2 Å². The minimum atomic E-state index is -0.115. The van der Waals surface area contributed by atoms with Crippen molar-refractivity contribution < 1.29 is 9.32 Å². The highest BCUT2D eigenvalue weighted by molar-refractivity contribution is 6.31. The Labute approximate surface area is 166 Å². The molecule has 2 heterocycles. The van der Waals surface area contributed by atoms with Crippen LogP contribution in [-0.4, -0.2) is 34.2 Å². The average Bonchev–Trinajstić information content (AvgIpc) is 3.10. The number of benzene rings is 2. The Hall–Kier alpha value is -2.57. The zero-order valence-electron chi connectivity index (χ0n) is 14.2. The standard InChI is InChI=1S/C19H16Cl2N4O2/c20-15-6-4-12(5-7-15)9-22-19(26)25-10-14(11-25)18-23-17(24-27-18)13-2-1-3-16(21)8-13/h1-8,14H,9-11H2,(H,22,26). The largest absolute Gasteiger partial charge is 0.339 e. The molecule has 1 saturated heterocycles. The van der Waals surface area contributed by atoms with Gasteiger partial charge in [0.05, 0.1) is 5.92 Å². The van der Waals surface area contributed by atoms with Gasteiger partial charge in [0.1, 0.15) is 0 Å². The lowest BCUT2D eigenvalue weighted by Gasteiger charge is -2.36. The first-order chi connectivity index (χ1) is 13.1. The van der Waals surface area contributed by atoms with E-state index in [0.29, 0.717) is 41.4 Å². The summed E-state index contributed by atoms with van der Waals surface area (Å²) in [5.41, 5.74) is 1.79. The number of hydrogen-bond acceptors (Lipinski definition) is 4. The topological polar surface area (TPSA) is 71.3 Å². The van der Waals surface area contributed by atoms with Crippen molar-refractivity contribution in [2.75, 3.05) is 13.1 Å². The predicted molar refractivity (Wildman–Crippen MR) is 103 cm³/mol. The molecule has 6 nitrogen and oxygen atoms in total. The lowest BCUT2D eigenvalue weighted by Crippen LogP contribution is -2.52. The van der Waals surface area contributed by atoms with E-state index in [2.05, 4.69) is 15.5 Å². The number of halogens is 2. The quantitative estimate of drug-likeness (QED) is 0.703. The number of aromatic nitrogens is 2. The highest BCUT2D eigenvalue weighted by atomic mass is 35.5. The molecule has 27 heavy (non-hydrogen) atoms. The van der Waals surface area contributed by atoms with Crippen molar-refractivity contribution in [2.45, 2.75) is 12.5 Å². The smallest absolute Gasteiger partial charge is 0.317 e. The fourth-order valence-corrected chi connectivity index (χ4v) is 3.15. The van der Waals surface area contributed by atoms with Crippen LogP contribution in [0.15, 0.2) is 53.1 Å². The van der Waals surface area contributed by atoms with Crippen LogP contribution in [0.25, 0.3) is 11.4 Å². The van der Waals surface area contributed by atoms with Crippen molar-refractivity contribution in [1.82, 2.24) is 20.4 Å². The van der Waals surface area contributed by atoms with Crippen LogP contribution >= 0.6 is 23.2 Å². The van der Waals surface area contributed by atoms with Crippen LogP contribution < -0.4 is 5.32 Å². The second-order valence-corrected chi connectivity index (χ2v) is 7.23. The molecule has 0 atom stereocenters. The van der Waals surface area contributed by atoms with Gasteiger partial charge in [0, 0.05) is 35.2 Å². The van der Waals surface area contributed by atoms with Crippen LogP contribution in [0.4, 0.5) is 4.79 Å². The number of nitrogens with one attached hydrogen (secondary N) is 1. The van der Waals surface area contributed by atoms with E-state index in [9.17, 15) is 4.79 Å². The molecular weight excluding hydrogens is 387 g/mol. The second-order valence-electron chi connectivity index (χ2n) is 6.35. The third kappa shape index (κ3) is 4.07. The van der Waals surface area contributed by atoms with E-state index in [1.807, 2.05) is 24.3 Å².